The lowest BCUT2D eigenvalue weighted by Gasteiger charge is -2.35. The molecule has 34 heavy (non-hydrogen) atoms. The van der Waals surface area contributed by atoms with Crippen molar-refractivity contribution in [3.8, 4) is 11.3 Å². The molecule has 176 valence electrons. The summed E-state index contributed by atoms with van der Waals surface area (Å²) in [6.07, 6.45) is 4.28. The Balaban J connectivity index is 1.57. The highest BCUT2D eigenvalue weighted by molar-refractivity contribution is 6.03. The molecule has 0 aliphatic carbocycles. The van der Waals surface area contributed by atoms with Gasteiger partial charge in [0, 0.05) is 44.1 Å². The predicted octanol–water partition coefficient (Wildman–Crippen LogP) is 3.85. The van der Waals surface area contributed by atoms with E-state index >= 15 is 0 Å². The number of piperazine rings is 1. The summed E-state index contributed by atoms with van der Waals surface area (Å²) in [6, 6.07) is 13.1. The summed E-state index contributed by atoms with van der Waals surface area (Å²) in [4.78, 5) is 42.9. The average Bonchev–Trinajstić information content (AvgIpc) is 2.84. The number of carbonyl (C=O) groups excluding carboxylic acids is 2. The molecule has 3 heterocycles. The zero-order valence-electron chi connectivity index (χ0n) is 19.6. The van der Waals surface area contributed by atoms with Crippen molar-refractivity contribution < 1.29 is 14.3 Å². The minimum Gasteiger partial charge on any atom is -0.444 e. The van der Waals surface area contributed by atoms with E-state index in [0.717, 1.165) is 5.56 Å². The molecule has 0 saturated carbocycles. The van der Waals surface area contributed by atoms with Crippen LogP contribution in [0.5, 0.6) is 0 Å². The first kappa shape index (κ1) is 23.2. The van der Waals surface area contributed by atoms with Crippen LogP contribution >= 0.6 is 0 Å². The summed E-state index contributed by atoms with van der Waals surface area (Å²) in [5, 5.41) is 2.70. The normalized spacial score (nSPS) is 14.0. The smallest absolute Gasteiger partial charge is 0.412 e. The number of pyridine rings is 1. The van der Waals surface area contributed by atoms with Crippen molar-refractivity contribution in [2.75, 3.05) is 36.4 Å². The van der Waals surface area contributed by atoms with Gasteiger partial charge >= 0.3 is 6.09 Å². The van der Waals surface area contributed by atoms with Crippen LogP contribution in [0.3, 0.4) is 0 Å². The van der Waals surface area contributed by atoms with Gasteiger partial charge in [0.15, 0.2) is 0 Å². The van der Waals surface area contributed by atoms with Crippen LogP contribution in [0.15, 0.2) is 61.1 Å². The van der Waals surface area contributed by atoms with Gasteiger partial charge in [0.1, 0.15) is 5.60 Å². The zero-order chi connectivity index (χ0) is 24.1. The molecule has 2 aromatic heterocycles. The van der Waals surface area contributed by atoms with Gasteiger partial charge in [-0.05, 0) is 32.9 Å². The van der Waals surface area contributed by atoms with Gasteiger partial charge in [-0.25, -0.2) is 14.8 Å². The first-order valence-corrected chi connectivity index (χ1v) is 11.2. The van der Waals surface area contributed by atoms with Gasteiger partial charge in [-0.3, -0.25) is 15.1 Å². The van der Waals surface area contributed by atoms with Crippen LogP contribution in [0.25, 0.3) is 11.3 Å². The van der Waals surface area contributed by atoms with Gasteiger partial charge in [0.05, 0.1) is 23.1 Å². The molecule has 1 fully saturated rings. The second-order valence-corrected chi connectivity index (χ2v) is 8.94. The van der Waals surface area contributed by atoms with E-state index in [9.17, 15) is 9.59 Å². The highest BCUT2D eigenvalue weighted by atomic mass is 16.6. The summed E-state index contributed by atoms with van der Waals surface area (Å²) >= 11 is 0. The number of benzene rings is 1. The van der Waals surface area contributed by atoms with Crippen molar-refractivity contribution in [2.45, 2.75) is 26.4 Å². The van der Waals surface area contributed by atoms with Crippen molar-refractivity contribution in [1.29, 1.82) is 0 Å². The van der Waals surface area contributed by atoms with Crippen LogP contribution < -0.4 is 10.2 Å². The van der Waals surface area contributed by atoms with Gasteiger partial charge in [-0.1, -0.05) is 30.3 Å². The molecule has 0 atom stereocenters. The van der Waals surface area contributed by atoms with E-state index < -0.39 is 11.7 Å². The van der Waals surface area contributed by atoms with Crippen molar-refractivity contribution in [1.82, 2.24) is 19.9 Å². The molecular weight excluding hydrogens is 432 g/mol. The Labute approximate surface area is 198 Å². The molecule has 3 aromatic rings. The average molecular weight is 461 g/mol. The number of hydrogen-bond donors (Lipinski definition) is 1. The minimum absolute atomic E-state index is 0.181. The highest BCUT2D eigenvalue weighted by Gasteiger charge is 2.27. The maximum absolute atomic E-state index is 13.6. The van der Waals surface area contributed by atoms with Crippen LogP contribution in [-0.2, 0) is 4.74 Å². The van der Waals surface area contributed by atoms with E-state index in [4.69, 9.17) is 4.74 Å². The van der Waals surface area contributed by atoms with Gasteiger partial charge in [-0.15, -0.1) is 0 Å². The van der Waals surface area contributed by atoms with Crippen LogP contribution in [0, 0.1) is 0 Å². The number of nitrogens with zero attached hydrogens (tertiary/aromatic N) is 5. The highest BCUT2D eigenvalue weighted by Crippen LogP contribution is 2.25. The minimum atomic E-state index is -0.665. The third-order valence-electron chi connectivity index (χ3n) is 5.24. The summed E-state index contributed by atoms with van der Waals surface area (Å²) in [5.74, 6) is 0.469. The van der Waals surface area contributed by atoms with Gasteiger partial charge in [-0.2, -0.15) is 0 Å². The number of nitrogens with one attached hydrogen (secondary N) is 1. The quantitative estimate of drug-likeness (QED) is 0.631. The molecule has 0 bridgehead atoms. The number of aromatic nitrogens is 3. The molecule has 1 aliphatic rings. The summed E-state index contributed by atoms with van der Waals surface area (Å²) in [5.41, 5.74) is 1.54. The number of rotatable bonds is 4. The Kier molecular flexibility index (Phi) is 6.72. The fourth-order valence-corrected chi connectivity index (χ4v) is 3.65. The Morgan fingerprint density at radius 2 is 1.62 bits per heavy atom. The molecular formula is C25H28N6O3. The monoisotopic (exact) mass is 460 g/mol. The number of carbonyl (C=O) groups is 2. The first-order valence-electron chi connectivity index (χ1n) is 11.2. The van der Waals surface area contributed by atoms with Crippen molar-refractivity contribution in [3.63, 3.8) is 0 Å². The molecule has 0 unspecified atom stereocenters. The Hall–Kier alpha value is -4.01. The third-order valence-corrected chi connectivity index (χ3v) is 5.24. The van der Waals surface area contributed by atoms with Crippen molar-refractivity contribution >= 4 is 23.6 Å². The molecule has 2 amide bonds. The number of anilines is 2. The summed E-state index contributed by atoms with van der Waals surface area (Å²) in [7, 11) is 0. The fourth-order valence-electron chi connectivity index (χ4n) is 3.65. The van der Waals surface area contributed by atoms with Crippen molar-refractivity contribution in [3.05, 3.63) is 66.6 Å². The molecule has 0 spiro atoms. The van der Waals surface area contributed by atoms with Crippen LogP contribution in [0.1, 0.15) is 31.1 Å². The van der Waals surface area contributed by atoms with Gasteiger partial charge in [0.25, 0.3) is 5.91 Å². The Morgan fingerprint density at radius 1 is 0.941 bits per heavy atom. The van der Waals surface area contributed by atoms with Crippen LogP contribution in [0.4, 0.5) is 16.4 Å². The van der Waals surface area contributed by atoms with E-state index in [1.54, 1.807) is 50.2 Å². The van der Waals surface area contributed by atoms with E-state index in [0.29, 0.717) is 49.1 Å². The van der Waals surface area contributed by atoms with E-state index in [-0.39, 0.29) is 5.91 Å². The molecule has 1 N–H and O–H groups in total. The summed E-state index contributed by atoms with van der Waals surface area (Å²) in [6.45, 7) is 7.59. The number of ether oxygens (including phenoxy) is 1. The zero-order valence-corrected chi connectivity index (χ0v) is 19.6. The molecule has 1 aliphatic heterocycles. The lowest BCUT2D eigenvalue weighted by Crippen LogP contribution is -2.49. The standard InChI is InChI=1S/C25H28N6O3/c1-25(2,3)34-24(33)29-21-17-28-20(18-8-5-4-6-9-18)16-19(21)22(32)30-12-14-31(15-13-30)23-26-10-7-11-27-23/h4-11,16-17H,12-15H2,1-3H3,(H,29,33). The topological polar surface area (TPSA) is 101 Å². The lowest BCUT2D eigenvalue weighted by atomic mass is 10.1. The molecule has 9 heteroatoms. The van der Waals surface area contributed by atoms with E-state index in [1.165, 1.54) is 6.20 Å². The predicted molar refractivity (Wildman–Crippen MR) is 130 cm³/mol. The molecule has 4 rings (SSSR count). The molecule has 9 nitrogen and oxygen atoms in total. The lowest BCUT2D eigenvalue weighted by molar-refractivity contribution is 0.0636. The fraction of sp³-hybridized carbons (Fsp3) is 0.320. The second-order valence-electron chi connectivity index (χ2n) is 8.94. The summed E-state index contributed by atoms with van der Waals surface area (Å²) < 4.78 is 5.38. The maximum Gasteiger partial charge on any atom is 0.412 e. The van der Waals surface area contributed by atoms with Gasteiger partial charge < -0.3 is 14.5 Å². The molecule has 1 aromatic carbocycles. The van der Waals surface area contributed by atoms with E-state index in [1.807, 2.05) is 35.2 Å². The molecule has 0 radical (unpaired) electrons. The first-order chi connectivity index (χ1) is 16.3. The third kappa shape index (κ3) is 5.67. The maximum atomic E-state index is 13.6. The van der Waals surface area contributed by atoms with Crippen molar-refractivity contribution in [2.24, 2.45) is 0 Å². The van der Waals surface area contributed by atoms with Gasteiger partial charge in [0.2, 0.25) is 5.95 Å². The Morgan fingerprint density at radius 3 is 2.26 bits per heavy atom. The van der Waals surface area contributed by atoms with Crippen LogP contribution in [-0.4, -0.2) is 63.6 Å². The molecule has 1 saturated heterocycles. The van der Waals surface area contributed by atoms with Crippen LogP contribution in [0.2, 0.25) is 0 Å². The largest absolute Gasteiger partial charge is 0.444 e. The SMILES string of the molecule is CC(C)(C)OC(=O)Nc1cnc(-c2ccccc2)cc1C(=O)N1CCN(c2ncccn2)CC1. The Bertz CT molecular complexity index is 1140. The number of amides is 2. The number of hydrogen-bond acceptors (Lipinski definition) is 7. The van der Waals surface area contributed by atoms with E-state index in [2.05, 4.69) is 20.3 Å². The second kappa shape index (κ2) is 9.86.